The molecule has 5 nitrogen and oxygen atoms in total. The van der Waals surface area contributed by atoms with Gasteiger partial charge in [0.05, 0.1) is 12.5 Å². The average Bonchev–Trinajstić information content (AvgIpc) is 3.04. The zero-order chi connectivity index (χ0) is 14.8. The Morgan fingerprint density at radius 3 is 2.80 bits per heavy atom. The third-order valence-electron chi connectivity index (χ3n) is 3.11. The van der Waals surface area contributed by atoms with Gasteiger partial charge in [0.15, 0.2) is 0 Å². The molecule has 1 aliphatic rings. The number of carbonyl (C=O) groups is 2. The average molecular weight is 290 g/mol. The van der Waals surface area contributed by atoms with Crippen molar-refractivity contribution in [2.45, 2.75) is 31.6 Å². The first kappa shape index (κ1) is 14.4. The van der Waals surface area contributed by atoms with Crippen LogP contribution in [-0.4, -0.2) is 35.5 Å². The van der Waals surface area contributed by atoms with E-state index < -0.39 is 24.0 Å². The molecule has 1 aromatic rings. The minimum absolute atomic E-state index is 0.0534. The highest BCUT2D eigenvalue weighted by Gasteiger charge is 2.47. The smallest absolute Gasteiger partial charge is 0.471 e. The van der Waals surface area contributed by atoms with Crippen LogP contribution in [0, 0.1) is 0 Å². The van der Waals surface area contributed by atoms with Crippen LogP contribution in [0.15, 0.2) is 23.0 Å². The summed E-state index contributed by atoms with van der Waals surface area (Å²) in [5.41, 5.74) is 0.699. The Labute approximate surface area is 112 Å². The fourth-order valence-electron chi connectivity index (χ4n) is 2.15. The number of hydrogen-bond acceptors (Lipinski definition) is 3. The third kappa shape index (κ3) is 3.12. The molecule has 0 aliphatic carbocycles. The van der Waals surface area contributed by atoms with Crippen molar-refractivity contribution in [1.29, 1.82) is 0 Å². The van der Waals surface area contributed by atoms with E-state index in [1.165, 1.54) is 12.5 Å². The van der Waals surface area contributed by atoms with Crippen LogP contribution in [0.1, 0.15) is 18.4 Å². The van der Waals surface area contributed by atoms with Crippen molar-refractivity contribution in [1.82, 2.24) is 10.2 Å². The molecule has 2 rings (SSSR count). The summed E-state index contributed by atoms with van der Waals surface area (Å²) in [7, 11) is 0. The zero-order valence-corrected chi connectivity index (χ0v) is 10.4. The molecule has 1 aliphatic heterocycles. The molecule has 1 saturated heterocycles. The van der Waals surface area contributed by atoms with E-state index in [0.717, 1.165) is 0 Å². The van der Waals surface area contributed by atoms with Gasteiger partial charge in [-0.2, -0.15) is 13.2 Å². The Morgan fingerprint density at radius 2 is 2.20 bits per heavy atom. The number of rotatable bonds is 3. The van der Waals surface area contributed by atoms with Gasteiger partial charge in [0.1, 0.15) is 6.04 Å². The van der Waals surface area contributed by atoms with E-state index in [2.05, 4.69) is 5.32 Å². The number of hydrogen-bond donors (Lipinski definition) is 1. The number of alkyl halides is 3. The van der Waals surface area contributed by atoms with Crippen LogP contribution in [0.4, 0.5) is 13.2 Å². The van der Waals surface area contributed by atoms with E-state index in [-0.39, 0.29) is 19.5 Å². The Balaban J connectivity index is 1.96. The van der Waals surface area contributed by atoms with Crippen molar-refractivity contribution in [2.24, 2.45) is 0 Å². The Morgan fingerprint density at radius 1 is 1.45 bits per heavy atom. The first-order valence-corrected chi connectivity index (χ1v) is 6.06. The lowest BCUT2D eigenvalue weighted by atomic mass is 10.2. The van der Waals surface area contributed by atoms with E-state index >= 15 is 0 Å². The number of nitrogens with zero attached hydrogens (tertiary/aromatic N) is 1. The van der Waals surface area contributed by atoms with E-state index in [0.29, 0.717) is 16.9 Å². The molecule has 1 fully saturated rings. The summed E-state index contributed by atoms with van der Waals surface area (Å²) in [6, 6.07) is 0.573. The van der Waals surface area contributed by atoms with Crippen LogP contribution < -0.4 is 5.32 Å². The van der Waals surface area contributed by atoms with E-state index in [1.54, 1.807) is 6.07 Å². The number of carbonyl (C=O) groups excluding carboxylic acids is 2. The highest BCUT2D eigenvalue weighted by molar-refractivity contribution is 5.90. The van der Waals surface area contributed by atoms with E-state index in [4.69, 9.17) is 4.42 Å². The number of likely N-dealkylation sites (tertiary alicyclic amines) is 1. The molecule has 1 unspecified atom stereocenters. The fourth-order valence-corrected chi connectivity index (χ4v) is 2.15. The summed E-state index contributed by atoms with van der Waals surface area (Å²) < 4.78 is 42.0. The van der Waals surface area contributed by atoms with Gasteiger partial charge < -0.3 is 14.6 Å². The van der Waals surface area contributed by atoms with Gasteiger partial charge in [0.25, 0.3) is 0 Å². The predicted octanol–water partition coefficient (Wildman–Crippen LogP) is 1.45. The summed E-state index contributed by atoms with van der Waals surface area (Å²) in [5, 5.41) is 2.50. The maximum Gasteiger partial charge on any atom is 0.471 e. The standard InChI is InChI=1S/C12H13F3N2O3/c13-12(14,15)11(19)17-4-1-2-9(17)10(18)16-6-8-3-5-20-7-8/h3,5,7,9H,1-2,4,6H2,(H,16,18). The van der Waals surface area contributed by atoms with Gasteiger partial charge in [0.2, 0.25) is 5.91 Å². The van der Waals surface area contributed by atoms with Crippen LogP contribution in [0.3, 0.4) is 0 Å². The van der Waals surface area contributed by atoms with Crippen molar-refractivity contribution >= 4 is 11.8 Å². The van der Waals surface area contributed by atoms with Crippen molar-refractivity contribution in [3.05, 3.63) is 24.2 Å². The maximum atomic E-state index is 12.4. The van der Waals surface area contributed by atoms with Gasteiger partial charge in [-0.3, -0.25) is 9.59 Å². The zero-order valence-electron chi connectivity index (χ0n) is 10.4. The minimum atomic E-state index is -4.95. The maximum absolute atomic E-state index is 12.4. The summed E-state index contributed by atoms with van der Waals surface area (Å²) >= 11 is 0. The summed E-state index contributed by atoms with van der Waals surface area (Å²) in [6.07, 6.45) is -1.48. The topological polar surface area (TPSA) is 62.6 Å². The number of furan rings is 1. The molecule has 110 valence electrons. The molecular formula is C12H13F3N2O3. The van der Waals surface area contributed by atoms with Gasteiger partial charge in [-0.05, 0) is 18.9 Å². The van der Waals surface area contributed by atoms with Crippen LogP contribution in [0.2, 0.25) is 0 Å². The molecule has 1 N–H and O–H groups in total. The molecule has 0 spiro atoms. The lowest BCUT2D eigenvalue weighted by Crippen LogP contribution is -2.50. The Hall–Kier alpha value is -1.99. The lowest BCUT2D eigenvalue weighted by molar-refractivity contribution is -0.186. The monoisotopic (exact) mass is 290 g/mol. The SMILES string of the molecule is O=C(NCc1ccoc1)C1CCCN1C(=O)C(F)(F)F. The summed E-state index contributed by atoms with van der Waals surface area (Å²) in [6.45, 7) is 0.0992. The normalized spacial score (nSPS) is 19.1. The first-order valence-electron chi connectivity index (χ1n) is 6.06. The molecule has 0 aromatic carbocycles. The van der Waals surface area contributed by atoms with Gasteiger partial charge >= 0.3 is 12.1 Å². The third-order valence-corrected chi connectivity index (χ3v) is 3.11. The fraction of sp³-hybridized carbons (Fsp3) is 0.500. The van der Waals surface area contributed by atoms with Crippen LogP contribution in [-0.2, 0) is 16.1 Å². The van der Waals surface area contributed by atoms with Crippen molar-refractivity contribution < 1.29 is 27.2 Å². The summed E-state index contributed by atoms with van der Waals surface area (Å²) in [4.78, 5) is 23.7. The lowest BCUT2D eigenvalue weighted by Gasteiger charge is -2.24. The molecular weight excluding hydrogens is 277 g/mol. The molecule has 2 heterocycles. The molecule has 0 saturated carbocycles. The van der Waals surface area contributed by atoms with Gasteiger partial charge in [-0.25, -0.2) is 0 Å². The van der Waals surface area contributed by atoms with Crippen LogP contribution in [0.25, 0.3) is 0 Å². The highest BCUT2D eigenvalue weighted by atomic mass is 19.4. The van der Waals surface area contributed by atoms with E-state index in [9.17, 15) is 22.8 Å². The number of halogens is 3. The van der Waals surface area contributed by atoms with Crippen molar-refractivity contribution in [3.8, 4) is 0 Å². The second-order valence-electron chi connectivity index (χ2n) is 4.50. The predicted molar refractivity (Wildman–Crippen MR) is 61.3 cm³/mol. The summed E-state index contributed by atoms with van der Waals surface area (Å²) in [5.74, 6) is -2.54. The molecule has 1 atom stereocenters. The quantitative estimate of drug-likeness (QED) is 0.916. The Kier molecular flexibility index (Phi) is 4.01. The molecule has 2 amide bonds. The molecule has 20 heavy (non-hydrogen) atoms. The van der Waals surface area contributed by atoms with Gasteiger partial charge in [0, 0.05) is 18.7 Å². The minimum Gasteiger partial charge on any atom is -0.472 e. The molecule has 0 bridgehead atoms. The van der Waals surface area contributed by atoms with Gasteiger partial charge in [-0.15, -0.1) is 0 Å². The van der Waals surface area contributed by atoms with Gasteiger partial charge in [-0.1, -0.05) is 0 Å². The molecule has 1 aromatic heterocycles. The number of amides is 2. The second-order valence-corrected chi connectivity index (χ2v) is 4.50. The van der Waals surface area contributed by atoms with Crippen LogP contribution >= 0.6 is 0 Å². The second kappa shape index (κ2) is 5.56. The Bertz CT molecular complexity index is 485. The van der Waals surface area contributed by atoms with Crippen molar-refractivity contribution in [3.63, 3.8) is 0 Å². The largest absolute Gasteiger partial charge is 0.472 e. The highest BCUT2D eigenvalue weighted by Crippen LogP contribution is 2.25. The first-order chi connectivity index (χ1) is 9.39. The van der Waals surface area contributed by atoms with E-state index in [1.807, 2.05) is 0 Å². The molecule has 0 radical (unpaired) electrons. The van der Waals surface area contributed by atoms with Crippen molar-refractivity contribution in [2.75, 3.05) is 6.54 Å². The number of nitrogens with one attached hydrogen (secondary N) is 1. The van der Waals surface area contributed by atoms with Crippen LogP contribution in [0.5, 0.6) is 0 Å². The molecule has 8 heteroatoms.